The molecule has 0 aliphatic carbocycles. The van der Waals surface area contributed by atoms with Gasteiger partial charge >= 0.3 is 25.6 Å². The number of halogens is 1. The summed E-state index contributed by atoms with van der Waals surface area (Å²) in [5.74, 6) is -2.67. The first-order chi connectivity index (χ1) is 30.4. The second-order valence-electron chi connectivity index (χ2n) is 16.5. The highest BCUT2D eigenvalue weighted by atomic mass is 35.5. The Hall–Kier alpha value is -4.91. The average Bonchev–Trinajstić information content (AvgIpc) is 3.50. The zero-order valence-electron chi connectivity index (χ0n) is 36.9. The minimum atomic E-state index is -4.95. The summed E-state index contributed by atoms with van der Waals surface area (Å²) in [4.78, 5) is 82.1. The number of ether oxygens (including phenoxy) is 3. The normalized spacial score (nSPS) is 20.0. The molecule has 4 unspecified atom stereocenters. The summed E-state index contributed by atoms with van der Waals surface area (Å²) in [6.45, 7) is 8.26. The predicted molar refractivity (Wildman–Crippen MR) is 235 cm³/mol. The van der Waals surface area contributed by atoms with Gasteiger partial charge in [0.05, 0.1) is 12.6 Å². The molecule has 0 saturated carbocycles. The largest absolute Gasteiger partial charge is 0.493 e. The molecular formula is C39H62ClN10O14P. The summed E-state index contributed by atoms with van der Waals surface area (Å²) in [6, 6.07) is 4.63. The summed E-state index contributed by atoms with van der Waals surface area (Å²) in [5, 5.41) is 29.3. The van der Waals surface area contributed by atoms with Crippen molar-refractivity contribution in [1.82, 2.24) is 31.0 Å². The van der Waals surface area contributed by atoms with Crippen LogP contribution in [0.25, 0.3) is 0 Å². The number of aliphatic imine (C=N–C) groups is 1. The fourth-order valence-electron chi connectivity index (χ4n) is 6.01. The average molecular weight is 961 g/mol. The van der Waals surface area contributed by atoms with Crippen LogP contribution in [-0.2, 0) is 48.9 Å². The standard InChI is InChI=1S/C39H62ClN10O14P/c1-22(2)19-27(35(55)60-20-23-11-13-24(40)14-12-23)47-33(54)26(46-32(53)25(41)9-6-7-16-45-38(57)63-39(3,4)5)10-8-17-44-36(43)49-64-65(58,59)61-21-28-30(51)31(52)34(62-28)50-18-15-29(42)48-37(50)56/h11-15,18,22,25-28,30-31,34,51-52H,6-10,16-17,19-21,41H2,1-5H3,(H,45,57)(H,46,53)(H,47,54)(H,58,59)(H2,42,48,56)(H3,43,44,49)/t25?,26?,27?,28-,30-,31-,34-/m1/s1. The van der Waals surface area contributed by atoms with Gasteiger partial charge in [0.2, 0.25) is 17.8 Å². The van der Waals surface area contributed by atoms with Crippen molar-refractivity contribution in [2.24, 2.45) is 22.4 Å². The van der Waals surface area contributed by atoms with Crippen molar-refractivity contribution in [3.8, 4) is 0 Å². The third kappa shape index (κ3) is 19.6. The number of aliphatic hydroxyl groups excluding tert-OH is 2. The Morgan fingerprint density at radius 3 is 2.34 bits per heavy atom. The van der Waals surface area contributed by atoms with Crippen molar-refractivity contribution in [1.29, 1.82) is 0 Å². The Morgan fingerprint density at radius 1 is 1.02 bits per heavy atom. The van der Waals surface area contributed by atoms with Gasteiger partial charge in [0.15, 0.2) is 6.23 Å². The minimum absolute atomic E-state index is 0.0350. The van der Waals surface area contributed by atoms with E-state index in [2.05, 4.69) is 30.6 Å². The molecule has 0 spiro atoms. The van der Waals surface area contributed by atoms with Crippen LogP contribution in [0.15, 0.2) is 46.3 Å². The van der Waals surface area contributed by atoms with Gasteiger partial charge in [-0.25, -0.2) is 24.4 Å². The van der Waals surface area contributed by atoms with Crippen LogP contribution in [0.3, 0.4) is 0 Å². The third-order valence-corrected chi connectivity index (χ3v) is 10.3. The molecule has 1 aromatic heterocycles. The zero-order valence-corrected chi connectivity index (χ0v) is 38.5. The summed E-state index contributed by atoms with van der Waals surface area (Å²) in [7, 11) is -4.95. The minimum Gasteiger partial charge on any atom is -0.459 e. The van der Waals surface area contributed by atoms with E-state index in [0.29, 0.717) is 23.4 Å². The number of unbranched alkanes of at least 4 members (excludes halogenated alkanes) is 1. The first-order valence-electron chi connectivity index (χ1n) is 20.8. The SMILES string of the molecule is CC(C)CC(NC(=O)C(CCCN=C(N)NOP(=O)(O)OC[C@H]1O[C@@H](n2ccc(N)nc2=O)[C@H](O)[C@@H]1O)NC(=O)C(N)CCCCNC(=O)OC(C)(C)C)C(=O)OCc1ccc(Cl)cc1. The first-order valence-corrected chi connectivity index (χ1v) is 22.6. The smallest absolute Gasteiger partial charge is 0.459 e. The number of aromatic nitrogens is 2. The zero-order chi connectivity index (χ0) is 48.5. The Morgan fingerprint density at radius 2 is 1.69 bits per heavy atom. The number of esters is 1. The molecule has 24 nitrogen and oxygen atoms in total. The molecule has 2 aromatic rings. The van der Waals surface area contributed by atoms with E-state index >= 15 is 0 Å². The fourth-order valence-corrected chi connectivity index (χ4v) is 6.73. The lowest BCUT2D eigenvalue weighted by atomic mass is 10.0. The van der Waals surface area contributed by atoms with Gasteiger partial charge in [0.25, 0.3) is 0 Å². The van der Waals surface area contributed by atoms with E-state index in [1.807, 2.05) is 19.3 Å². The summed E-state index contributed by atoms with van der Waals surface area (Å²) < 4.78 is 39.2. The Bertz CT molecular complexity index is 2020. The lowest BCUT2D eigenvalue weighted by Gasteiger charge is -2.24. The molecule has 26 heteroatoms. The number of phosphoric acid groups is 1. The van der Waals surface area contributed by atoms with Crippen molar-refractivity contribution < 1.29 is 62.2 Å². The molecule has 1 fully saturated rings. The van der Waals surface area contributed by atoms with Crippen LogP contribution in [0.5, 0.6) is 0 Å². The van der Waals surface area contributed by atoms with E-state index < -0.39 is 98.2 Å². The lowest BCUT2D eigenvalue weighted by molar-refractivity contribution is -0.150. The number of aliphatic hydroxyl groups is 2. The van der Waals surface area contributed by atoms with Gasteiger partial charge in [-0.15, -0.1) is 0 Å². The Kier molecular flexibility index (Phi) is 21.5. The van der Waals surface area contributed by atoms with Gasteiger partial charge in [0.1, 0.15) is 48.4 Å². The van der Waals surface area contributed by atoms with Crippen LogP contribution < -0.4 is 44.3 Å². The summed E-state index contributed by atoms with van der Waals surface area (Å²) >= 11 is 5.96. The molecule has 8 atom stereocenters. The molecule has 3 rings (SSSR count). The number of hydrogen-bond acceptors (Lipinski definition) is 17. The van der Waals surface area contributed by atoms with Crippen LogP contribution in [0.1, 0.15) is 84.9 Å². The molecule has 2 heterocycles. The number of amides is 3. The number of phosphoric ester groups is 1. The maximum absolute atomic E-state index is 13.8. The molecule has 1 aromatic carbocycles. The molecule has 0 radical (unpaired) electrons. The Labute approximate surface area is 380 Å². The van der Waals surface area contributed by atoms with Crippen molar-refractivity contribution in [3.05, 3.63) is 57.6 Å². The third-order valence-electron chi connectivity index (χ3n) is 9.25. The lowest BCUT2D eigenvalue weighted by Crippen LogP contribution is -2.54. The van der Waals surface area contributed by atoms with Crippen molar-refractivity contribution in [2.45, 2.75) is 128 Å². The number of hydroxylamine groups is 1. The molecule has 65 heavy (non-hydrogen) atoms. The van der Waals surface area contributed by atoms with E-state index in [1.165, 1.54) is 12.3 Å². The van der Waals surface area contributed by atoms with Crippen molar-refractivity contribution in [3.63, 3.8) is 0 Å². The number of nitrogen functional groups attached to an aromatic ring is 1. The van der Waals surface area contributed by atoms with E-state index in [0.717, 1.165) is 4.57 Å². The van der Waals surface area contributed by atoms with E-state index in [1.54, 1.807) is 45.0 Å². The number of alkyl carbamates (subject to hydrolysis) is 1. The second-order valence-corrected chi connectivity index (χ2v) is 18.3. The molecule has 13 N–H and O–H groups in total. The van der Waals surface area contributed by atoms with Gasteiger partial charge in [0, 0.05) is 24.3 Å². The molecule has 0 bridgehead atoms. The highest BCUT2D eigenvalue weighted by Gasteiger charge is 2.45. The van der Waals surface area contributed by atoms with E-state index in [-0.39, 0.29) is 57.1 Å². The van der Waals surface area contributed by atoms with Gasteiger partial charge in [-0.3, -0.25) is 23.7 Å². The maximum Gasteiger partial charge on any atom is 0.493 e. The van der Waals surface area contributed by atoms with Crippen molar-refractivity contribution >= 4 is 55.1 Å². The quantitative estimate of drug-likeness (QED) is 0.0172. The number of nitrogens with two attached hydrogens (primary N) is 3. The summed E-state index contributed by atoms with van der Waals surface area (Å²) in [5.41, 5.74) is 18.6. The van der Waals surface area contributed by atoms with Crippen LogP contribution >= 0.6 is 19.4 Å². The van der Waals surface area contributed by atoms with Gasteiger partial charge < -0.3 is 62.5 Å². The topological polar surface area (TPSA) is 366 Å². The van der Waals surface area contributed by atoms with Gasteiger partial charge in [-0.05, 0) is 89.0 Å². The molecule has 1 aliphatic rings. The number of rotatable bonds is 24. The highest BCUT2D eigenvalue weighted by molar-refractivity contribution is 7.47. The van der Waals surface area contributed by atoms with Crippen molar-refractivity contribution in [2.75, 3.05) is 25.4 Å². The van der Waals surface area contributed by atoms with Crippen LogP contribution in [0, 0.1) is 5.92 Å². The monoisotopic (exact) mass is 960 g/mol. The van der Waals surface area contributed by atoms with Gasteiger partial charge in [-0.2, -0.15) is 9.61 Å². The fraction of sp³-hybridized carbons (Fsp3) is 0.615. The van der Waals surface area contributed by atoms with E-state index in [9.17, 15) is 43.6 Å². The van der Waals surface area contributed by atoms with Crippen LogP contribution in [-0.4, -0.2) is 116 Å². The maximum atomic E-state index is 13.8. The first kappa shape index (κ1) is 54.4. The molecule has 3 amide bonds. The van der Waals surface area contributed by atoms with E-state index in [4.69, 9.17) is 47.5 Å². The predicted octanol–water partition coefficient (Wildman–Crippen LogP) is 0.613. The second kappa shape index (κ2) is 25.7. The number of benzene rings is 1. The number of anilines is 1. The number of nitrogens with one attached hydrogen (secondary N) is 4. The number of carbonyl (C=O) groups is 4. The highest BCUT2D eigenvalue weighted by Crippen LogP contribution is 2.43. The summed E-state index contributed by atoms with van der Waals surface area (Å²) in [6.07, 6.45) is -4.03. The van der Waals surface area contributed by atoms with Crippen LogP contribution in [0.2, 0.25) is 5.02 Å². The molecule has 1 aliphatic heterocycles. The number of hydrogen-bond donors (Lipinski definition) is 10. The molecular weight excluding hydrogens is 899 g/mol. The molecule has 1 saturated heterocycles. The molecule has 364 valence electrons. The number of carbonyl (C=O) groups excluding carboxylic acids is 4. The van der Waals surface area contributed by atoms with Crippen LogP contribution in [0.4, 0.5) is 10.6 Å². The Balaban J connectivity index is 1.59. The van der Waals surface area contributed by atoms with Gasteiger partial charge in [-0.1, -0.05) is 37.6 Å². The number of guanidine groups is 1. The number of nitrogens with zero attached hydrogens (tertiary/aromatic N) is 3.